The molecule has 7 heteroatoms. The van der Waals surface area contributed by atoms with Crippen molar-refractivity contribution < 1.29 is 23.5 Å². The van der Waals surface area contributed by atoms with Crippen LogP contribution in [0.4, 0.5) is 4.39 Å². The number of benzene rings is 2. The smallest absolute Gasteiger partial charge is 0.261 e. The van der Waals surface area contributed by atoms with Gasteiger partial charge in [-0.3, -0.25) is 9.59 Å². The topological polar surface area (TPSA) is 67.9 Å². The van der Waals surface area contributed by atoms with Gasteiger partial charge in [-0.15, -0.1) is 0 Å². The van der Waals surface area contributed by atoms with Crippen LogP contribution in [0.3, 0.4) is 0 Å². The molecular weight excluding hydrogens is 375 g/mol. The first-order valence-electron chi connectivity index (χ1n) is 9.53. The minimum absolute atomic E-state index is 0.172. The second-order valence-electron chi connectivity index (χ2n) is 6.58. The fourth-order valence-corrected chi connectivity index (χ4v) is 2.66. The normalized spacial score (nSPS) is 11.4. The van der Waals surface area contributed by atoms with Crippen LogP contribution in [0, 0.1) is 5.82 Å². The molecule has 2 amide bonds. The van der Waals surface area contributed by atoms with Crippen LogP contribution in [0.25, 0.3) is 0 Å². The molecule has 1 N–H and O–H groups in total. The molecule has 0 spiro atoms. The fraction of sp³-hybridized carbons (Fsp3) is 0.364. The molecule has 1 atom stereocenters. The summed E-state index contributed by atoms with van der Waals surface area (Å²) in [5.74, 6) is 0.256. The quantitative estimate of drug-likeness (QED) is 0.663. The molecule has 0 aliphatic heterocycles. The van der Waals surface area contributed by atoms with Crippen molar-refractivity contribution in [2.75, 3.05) is 20.3 Å². The average Bonchev–Trinajstić information content (AvgIpc) is 2.75. The number of carbonyl (C=O) groups excluding carboxylic acids is 2. The predicted molar refractivity (Wildman–Crippen MR) is 108 cm³/mol. The van der Waals surface area contributed by atoms with Crippen LogP contribution in [-0.2, 0) is 16.1 Å². The number of rotatable bonds is 10. The van der Waals surface area contributed by atoms with E-state index in [4.69, 9.17) is 9.47 Å². The van der Waals surface area contributed by atoms with Crippen molar-refractivity contribution in [3.63, 3.8) is 0 Å². The highest BCUT2D eigenvalue weighted by atomic mass is 19.1. The molecule has 0 heterocycles. The minimum atomic E-state index is -0.696. The number of carbonyl (C=O) groups is 2. The molecular formula is C22H27FN2O4. The first-order chi connectivity index (χ1) is 13.9. The van der Waals surface area contributed by atoms with E-state index in [1.54, 1.807) is 50.4 Å². The predicted octanol–water partition coefficient (Wildman–Crippen LogP) is 3.16. The number of ether oxygens (including phenoxy) is 2. The van der Waals surface area contributed by atoms with E-state index in [1.807, 2.05) is 6.92 Å². The summed E-state index contributed by atoms with van der Waals surface area (Å²) in [4.78, 5) is 26.7. The molecule has 156 valence electrons. The summed E-state index contributed by atoms with van der Waals surface area (Å²) in [5.41, 5.74) is 0.722. The molecule has 0 saturated carbocycles. The zero-order valence-corrected chi connectivity index (χ0v) is 17.0. The first-order valence-corrected chi connectivity index (χ1v) is 9.53. The van der Waals surface area contributed by atoms with Gasteiger partial charge >= 0.3 is 0 Å². The number of nitrogens with one attached hydrogen (secondary N) is 1. The lowest BCUT2D eigenvalue weighted by molar-refractivity contribution is -0.142. The zero-order valence-electron chi connectivity index (χ0n) is 17.0. The summed E-state index contributed by atoms with van der Waals surface area (Å²) in [5, 5.41) is 2.80. The maximum absolute atomic E-state index is 13.2. The first kappa shape index (κ1) is 22.2. The molecule has 1 unspecified atom stereocenters. The minimum Gasteiger partial charge on any atom is -0.497 e. The highest BCUT2D eigenvalue weighted by Gasteiger charge is 2.26. The van der Waals surface area contributed by atoms with Gasteiger partial charge in [0.25, 0.3) is 5.91 Å². The monoisotopic (exact) mass is 402 g/mol. The lowest BCUT2D eigenvalue weighted by Crippen LogP contribution is -2.49. The molecule has 0 fully saturated rings. The second kappa shape index (κ2) is 11.0. The Morgan fingerprint density at radius 1 is 1.07 bits per heavy atom. The molecule has 2 rings (SSSR count). The van der Waals surface area contributed by atoms with E-state index < -0.39 is 6.04 Å². The lowest BCUT2D eigenvalue weighted by atomic mass is 10.1. The van der Waals surface area contributed by atoms with Gasteiger partial charge in [0, 0.05) is 13.1 Å². The van der Waals surface area contributed by atoms with Crippen molar-refractivity contribution >= 4 is 11.8 Å². The SMILES string of the molecule is CCCNC(=O)C(C)N(Cc1ccc(F)cc1)C(=O)COc1ccc(OC)cc1. The molecule has 2 aromatic rings. The van der Waals surface area contributed by atoms with Gasteiger partial charge in [-0.2, -0.15) is 0 Å². The van der Waals surface area contributed by atoms with Gasteiger partial charge in [-0.25, -0.2) is 4.39 Å². The van der Waals surface area contributed by atoms with Crippen LogP contribution >= 0.6 is 0 Å². The van der Waals surface area contributed by atoms with E-state index in [9.17, 15) is 14.0 Å². The van der Waals surface area contributed by atoms with Crippen molar-refractivity contribution in [1.29, 1.82) is 0 Å². The number of methoxy groups -OCH3 is 1. The van der Waals surface area contributed by atoms with Crippen LogP contribution in [0.15, 0.2) is 48.5 Å². The lowest BCUT2D eigenvalue weighted by Gasteiger charge is -2.28. The van der Waals surface area contributed by atoms with E-state index in [-0.39, 0.29) is 30.8 Å². The van der Waals surface area contributed by atoms with E-state index in [0.717, 1.165) is 12.0 Å². The van der Waals surface area contributed by atoms with Gasteiger partial charge in [-0.05, 0) is 55.3 Å². The summed E-state index contributed by atoms with van der Waals surface area (Å²) >= 11 is 0. The van der Waals surface area contributed by atoms with Crippen molar-refractivity contribution in [3.05, 3.63) is 59.9 Å². The van der Waals surface area contributed by atoms with Crippen LogP contribution < -0.4 is 14.8 Å². The number of amides is 2. The van der Waals surface area contributed by atoms with Gasteiger partial charge < -0.3 is 19.7 Å². The molecule has 0 aliphatic rings. The Morgan fingerprint density at radius 3 is 2.28 bits per heavy atom. The summed E-state index contributed by atoms with van der Waals surface area (Å²) in [6.07, 6.45) is 0.797. The standard InChI is InChI=1S/C22H27FN2O4/c1-4-13-24-22(27)16(2)25(14-17-5-7-18(23)8-6-17)21(26)15-29-20-11-9-19(28-3)10-12-20/h5-12,16H,4,13-15H2,1-3H3,(H,24,27). The van der Waals surface area contributed by atoms with E-state index in [1.165, 1.54) is 17.0 Å². The fourth-order valence-electron chi connectivity index (χ4n) is 2.66. The molecule has 0 aromatic heterocycles. The molecule has 0 aliphatic carbocycles. The van der Waals surface area contributed by atoms with Crippen LogP contribution in [0.5, 0.6) is 11.5 Å². The van der Waals surface area contributed by atoms with Crippen LogP contribution in [-0.4, -0.2) is 43.0 Å². The number of nitrogens with zero attached hydrogens (tertiary/aromatic N) is 1. The van der Waals surface area contributed by atoms with Crippen LogP contribution in [0.2, 0.25) is 0 Å². The summed E-state index contributed by atoms with van der Waals surface area (Å²) < 4.78 is 23.9. The van der Waals surface area contributed by atoms with Crippen molar-refractivity contribution in [3.8, 4) is 11.5 Å². The van der Waals surface area contributed by atoms with E-state index >= 15 is 0 Å². The highest BCUT2D eigenvalue weighted by molar-refractivity contribution is 5.87. The highest BCUT2D eigenvalue weighted by Crippen LogP contribution is 2.17. The van der Waals surface area contributed by atoms with Gasteiger partial charge in [0.15, 0.2) is 6.61 Å². The zero-order chi connectivity index (χ0) is 21.2. The van der Waals surface area contributed by atoms with Crippen molar-refractivity contribution in [1.82, 2.24) is 10.2 Å². The maximum atomic E-state index is 13.2. The third-order valence-electron chi connectivity index (χ3n) is 4.40. The number of hydrogen-bond donors (Lipinski definition) is 1. The Kier molecular flexibility index (Phi) is 8.45. The largest absolute Gasteiger partial charge is 0.497 e. The molecule has 29 heavy (non-hydrogen) atoms. The van der Waals surface area contributed by atoms with E-state index in [2.05, 4.69) is 5.32 Å². The Balaban J connectivity index is 2.09. The van der Waals surface area contributed by atoms with Gasteiger partial charge in [-0.1, -0.05) is 19.1 Å². The molecule has 0 bridgehead atoms. The average molecular weight is 402 g/mol. The second-order valence-corrected chi connectivity index (χ2v) is 6.58. The molecule has 2 aromatic carbocycles. The summed E-state index contributed by atoms with van der Waals surface area (Å²) in [6.45, 7) is 4.10. The van der Waals surface area contributed by atoms with Crippen molar-refractivity contribution in [2.24, 2.45) is 0 Å². The Labute approximate surface area is 170 Å². The molecule has 0 saturated heterocycles. The van der Waals surface area contributed by atoms with Gasteiger partial charge in [0.05, 0.1) is 7.11 Å². The third-order valence-corrected chi connectivity index (χ3v) is 4.40. The van der Waals surface area contributed by atoms with Gasteiger partial charge in [0.1, 0.15) is 23.4 Å². The summed E-state index contributed by atoms with van der Waals surface area (Å²) in [6, 6.07) is 12.0. The Hall–Kier alpha value is -3.09. The molecule has 6 nitrogen and oxygen atoms in total. The Bertz CT molecular complexity index is 793. The maximum Gasteiger partial charge on any atom is 0.261 e. The van der Waals surface area contributed by atoms with Crippen LogP contribution in [0.1, 0.15) is 25.8 Å². The number of halogens is 1. The Morgan fingerprint density at radius 2 is 1.69 bits per heavy atom. The van der Waals surface area contributed by atoms with E-state index in [0.29, 0.717) is 18.0 Å². The van der Waals surface area contributed by atoms with Crippen molar-refractivity contribution in [2.45, 2.75) is 32.9 Å². The summed E-state index contributed by atoms with van der Waals surface area (Å²) in [7, 11) is 1.57. The molecule has 0 radical (unpaired) electrons. The third kappa shape index (κ3) is 6.78. The van der Waals surface area contributed by atoms with Gasteiger partial charge in [0.2, 0.25) is 5.91 Å². The number of hydrogen-bond acceptors (Lipinski definition) is 4.